The van der Waals surface area contributed by atoms with Crippen molar-refractivity contribution >= 4 is 17.4 Å². The maximum absolute atomic E-state index is 13.1. The summed E-state index contributed by atoms with van der Waals surface area (Å²) in [6.07, 6.45) is -1.72. The fourth-order valence-corrected chi connectivity index (χ4v) is 2.95. The Hall–Kier alpha value is -3.02. The summed E-state index contributed by atoms with van der Waals surface area (Å²) in [5.41, 5.74) is -1.32. The van der Waals surface area contributed by atoms with Crippen molar-refractivity contribution in [1.82, 2.24) is 9.78 Å². The highest BCUT2D eigenvalue weighted by Gasteiger charge is 2.35. The Labute approximate surface area is 147 Å². The molecule has 0 radical (unpaired) electrons. The van der Waals surface area contributed by atoms with E-state index >= 15 is 0 Å². The van der Waals surface area contributed by atoms with E-state index in [2.05, 4.69) is 10.4 Å². The van der Waals surface area contributed by atoms with E-state index in [0.29, 0.717) is 25.2 Å². The molecule has 26 heavy (non-hydrogen) atoms. The molecule has 1 fully saturated rings. The first-order valence-corrected chi connectivity index (χ1v) is 7.98. The number of benzene rings is 1. The zero-order valence-corrected chi connectivity index (χ0v) is 13.9. The molecule has 136 valence electrons. The molecule has 3 rings (SSSR count). The summed E-state index contributed by atoms with van der Waals surface area (Å²) in [6, 6.07) is 5.95. The van der Waals surface area contributed by atoms with Crippen molar-refractivity contribution < 1.29 is 18.0 Å². The maximum atomic E-state index is 13.1. The first-order chi connectivity index (χ1) is 12.3. The second kappa shape index (κ2) is 6.71. The number of aromatic nitrogens is 2. The molecule has 0 spiro atoms. The summed E-state index contributed by atoms with van der Waals surface area (Å²) >= 11 is 0. The summed E-state index contributed by atoms with van der Waals surface area (Å²) in [7, 11) is 1.74. The van der Waals surface area contributed by atoms with Gasteiger partial charge in [-0.15, -0.1) is 0 Å². The third-order valence-electron chi connectivity index (χ3n) is 4.20. The quantitative estimate of drug-likeness (QED) is 0.910. The minimum absolute atomic E-state index is 0.151. The third kappa shape index (κ3) is 3.49. The first-order valence-electron chi connectivity index (χ1n) is 7.98. The van der Waals surface area contributed by atoms with Gasteiger partial charge in [-0.3, -0.25) is 14.4 Å². The van der Waals surface area contributed by atoms with Crippen molar-refractivity contribution in [2.45, 2.75) is 25.1 Å². The smallest absolute Gasteiger partial charge is 0.374 e. The van der Waals surface area contributed by atoms with E-state index in [1.165, 1.54) is 17.0 Å². The minimum atomic E-state index is -4.64. The van der Waals surface area contributed by atoms with Crippen LogP contribution in [0.5, 0.6) is 0 Å². The van der Waals surface area contributed by atoms with Crippen LogP contribution in [0.25, 0.3) is 0 Å². The van der Waals surface area contributed by atoms with E-state index in [0.717, 1.165) is 12.1 Å². The Morgan fingerprint density at radius 1 is 1.35 bits per heavy atom. The number of halogens is 3. The van der Waals surface area contributed by atoms with Crippen LogP contribution in [-0.4, -0.2) is 28.3 Å². The van der Waals surface area contributed by atoms with Gasteiger partial charge in [-0.1, -0.05) is 0 Å². The van der Waals surface area contributed by atoms with Gasteiger partial charge in [0.2, 0.25) is 0 Å². The molecule has 1 aliphatic rings. The predicted molar refractivity (Wildman–Crippen MR) is 88.4 cm³/mol. The van der Waals surface area contributed by atoms with Gasteiger partial charge < -0.3 is 5.32 Å². The average Bonchev–Trinajstić information content (AvgIpc) is 3.02. The number of aryl methyl sites for hydroxylation is 1. The summed E-state index contributed by atoms with van der Waals surface area (Å²) in [6.45, 7) is 0.509. The monoisotopic (exact) mass is 363 g/mol. The normalized spacial score (nSPS) is 17.9. The lowest BCUT2D eigenvalue weighted by Gasteiger charge is -2.31. The van der Waals surface area contributed by atoms with E-state index in [4.69, 9.17) is 5.26 Å². The lowest BCUT2D eigenvalue weighted by Crippen LogP contribution is -2.48. The number of carbonyl (C=O) groups excluding carboxylic acids is 1. The largest absolute Gasteiger partial charge is 0.417 e. The lowest BCUT2D eigenvalue weighted by molar-refractivity contribution is -0.137. The molecule has 1 amide bonds. The van der Waals surface area contributed by atoms with Gasteiger partial charge >= 0.3 is 6.18 Å². The molecule has 0 saturated carbocycles. The molecule has 1 aromatic carbocycles. The van der Waals surface area contributed by atoms with Crippen molar-refractivity contribution in [2.75, 3.05) is 16.8 Å². The topological polar surface area (TPSA) is 73.9 Å². The van der Waals surface area contributed by atoms with E-state index < -0.39 is 23.3 Å². The summed E-state index contributed by atoms with van der Waals surface area (Å²) in [4.78, 5) is 14.2. The molecular formula is C17H16F3N5O. The molecule has 6 nitrogen and oxygen atoms in total. The second-order valence-electron chi connectivity index (χ2n) is 6.05. The van der Waals surface area contributed by atoms with E-state index in [9.17, 15) is 18.0 Å². The number of amides is 1. The summed E-state index contributed by atoms with van der Waals surface area (Å²) < 4.78 is 40.9. The minimum Gasteiger partial charge on any atom is -0.374 e. The van der Waals surface area contributed by atoms with Crippen molar-refractivity contribution in [3.8, 4) is 6.07 Å². The Morgan fingerprint density at radius 2 is 2.12 bits per heavy atom. The highest BCUT2D eigenvalue weighted by Crippen LogP contribution is 2.34. The molecule has 0 aliphatic carbocycles. The second-order valence-corrected chi connectivity index (χ2v) is 6.05. The number of rotatable bonds is 3. The molecule has 9 heteroatoms. The van der Waals surface area contributed by atoms with Crippen LogP contribution >= 0.6 is 0 Å². The van der Waals surface area contributed by atoms with Gasteiger partial charge in [-0.05, 0) is 31.0 Å². The molecule has 1 aromatic heterocycles. The fourth-order valence-electron chi connectivity index (χ4n) is 2.95. The van der Waals surface area contributed by atoms with Crippen molar-refractivity contribution in [3.05, 3.63) is 41.6 Å². The van der Waals surface area contributed by atoms with Crippen LogP contribution in [0.2, 0.25) is 0 Å². The van der Waals surface area contributed by atoms with E-state index in [1.807, 2.05) is 0 Å². The average molecular weight is 363 g/mol. The molecule has 1 atom stereocenters. The number of nitrogens with one attached hydrogen (secondary N) is 1. The number of carbonyl (C=O) groups is 1. The highest BCUT2D eigenvalue weighted by molar-refractivity contribution is 5.98. The van der Waals surface area contributed by atoms with Gasteiger partial charge in [0, 0.05) is 31.5 Å². The zero-order valence-electron chi connectivity index (χ0n) is 13.9. The Bertz CT molecular complexity index is 868. The number of alkyl halides is 3. The molecule has 1 aliphatic heterocycles. The van der Waals surface area contributed by atoms with Gasteiger partial charge in [0.15, 0.2) is 5.82 Å². The molecule has 0 bridgehead atoms. The summed E-state index contributed by atoms with van der Waals surface area (Å²) in [5, 5.41) is 15.9. The van der Waals surface area contributed by atoms with Crippen molar-refractivity contribution in [3.63, 3.8) is 0 Å². The molecular weight excluding hydrogens is 347 g/mol. The van der Waals surface area contributed by atoms with Crippen LogP contribution in [0.1, 0.15) is 24.0 Å². The number of nitriles is 1. The number of piperidine rings is 1. The molecule has 1 unspecified atom stereocenters. The predicted octanol–water partition coefficient (Wildman–Crippen LogP) is 2.92. The SMILES string of the molecule is Cn1ccc(N2CCCC(Nc3ccc(C#N)c(C(F)(F)F)c3)C2=O)n1. The number of hydrogen-bond acceptors (Lipinski definition) is 4. The summed E-state index contributed by atoms with van der Waals surface area (Å²) in [5.74, 6) is 0.271. The number of nitrogens with zero attached hydrogens (tertiary/aromatic N) is 4. The van der Waals surface area contributed by atoms with Crippen LogP contribution in [0.15, 0.2) is 30.5 Å². The van der Waals surface area contributed by atoms with E-state index in [1.54, 1.807) is 24.0 Å². The number of anilines is 2. The van der Waals surface area contributed by atoms with Gasteiger partial charge in [0.05, 0.1) is 17.2 Å². The Balaban J connectivity index is 1.82. The fraction of sp³-hybridized carbons (Fsp3) is 0.353. The van der Waals surface area contributed by atoms with Gasteiger partial charge in [0.1, 0.15) is 6.04 Å². The molecule has 2 heterocycles. The standard InChI is InChI=1S/C17H16F3N5O/c1-24-8-6-15(23-24)25-7-2-3-14(16(25)26)22-12-5-4-11(10-21)13(9-12)17(18,19)20/h4-6,8-9,14,22H,2-3,7H2,1H3. The zero-order chi connectivity index (χ0) is 18.9. The van der Waals surface area contributed by atoms with Gasteiger partial charge in [-0.2, -0.15) is 23.5 Å². The van der Waals surface area contributed by atoms with Crippen LogP contribution in [0.4, 0.5) is 24.7 Å². The lowest BCUT2D eigenvalue weighted by atomic mass is 10.0. The third-order valence-corrected chi connectivity index (χ3v) is 4.20. The maximum Gasteiger partial charge on any atom is 0.417 e. The molecule has 1 saturated heterocycles. The Morgan fingerprint density at radius 3 is 2.73 bits per heavy atom. The van der Waals surface area contributed by atoms with Crippen LogP contribution in [0.3, 0.4) is 0 Å². The van der Waals surface area contributed by atoms with Crippen LogP contribution in [-0.2, 0) is 18.0 Å². The van der Waals surface area contributed by atoms with Crippen molar-refractivity contribution in [2.24, 2.45) is 7.05 Å². The molecule has 2 aromatic rings. The van der Waals surface area contributed by atoms with Crippen LogP contribution < -0.4 is 10.2 Å². The highest BCUT2D eigenvalue weighted by atomic mass is 19.4. The first kappa shape index (κ1) is 17.8. The molecule has 1 N–H and O–H groups in total. The van der Waals surface area contributed by atoms with E-state index in [-0.39, 0.29) is 11.6 Å². The van der Waals surface area contributed by atoms with Crippen LogP contribution in [0, 0.1) is 11.3 Å². The Kier molecular flexibility index (Phi) is 4.59. The van der Waals surface area contributed by atoms with Gasteiger partial charge in [-0.25, -0.2) is 0 Å². The number of hydrogen-bond donors (Lipinski definition) is 1. The van der Waals surface area contributed by atoms with Crippen molar-refractivity contribution in [1.29, 1.82) is 5.26 Å². The van der Waals surface area contributed by atoms with Gasteiger partial charge in [0.25, 0.3) is 5.91 Å².